The fraction of sp³-hybridized carbons (Fsp3) is 0.240. The van der Waals surface area contributed by atoms with Crippen LogP contribution in [-0.2, 0) is 6.54 Å². The summed E-state index contributed by atoms with van der Waals surface area (Å²) in [6.45, 7) is 4.82. The summed E-state index contributed by atoms with van der Waals surface area (Å²) in [4.78, 5) is 21.6. The van der Waals surface area contributed by atoms with Crippen molar-refractivity contribution in [3.8, 4) is 11.3 Å². The fourth-order valence-corrected chi connectivity index (χ4v) is 4.39. The molecule has 6 nitrogen and oxygen atoms in total. The van der Waals surface area contributed by atoms with Crippen LogP contribution in [0.1, 0.15) is 21.5 Å². The van der Waals surface area contributed by atoms with Gasteiger partial charge in [0.05, 0.1) is 11.9 Å². The molecule has 2 aromatic carbocycles. The average molecular weight is 464 g/mol. The van der Waals surface area contributed by atoms with E-state index in [1.54, 1.807) is 33.9 Å². The van der Waals surface area contributed by atoms with Crippen molar-refractivity contribution in [2.24, 2.45) is 0 Å². The molecule has 1 aliphatic rings. The molecule has 33 heavy (non-hydrogen) atoms. The number of halogens is 2. The number of piperazine rings is 1. The summed E-state index contributed by atoms with van der Waals surface area (Å²) in [5, 5.41) is 4.89. The van der Waals surface area contributed by atoms with Crippen LogP contribution in [0.2, 0.25) is 5.02 Å². The second-order valence-electron chi connectivity index (χ2n) is 8.26. The molecule has 1 aliphatic heterocycles. The Kier molecular flexibility index (Phi) is 5.83. The Balaban J connectivity index is 1.32. The summed E-state index contributed by atoms with van der Waals surface area (Å²) in [5.74, 6) is -0.398. The van der Waals surface area contributed by atoms with Gasteiger partial charge in [-0.1, -0.05) is 47.5 Å². The number of amides is 1. The third-order valence-electron chi connectivity index (χ3n) is 6.08. The maximum atomic E-state index is 14.1. The van der Waals surface area contributed by atoms with E-state index in [-0.39, 0.29) is 11.7 Å². The summed E-state index contributed by atoms with van der Waals surface area (Å²) in [6, 6.07) is 14.8. The highest BCUT2D eigenvalue weighted by Gasteiger charge is 2.26. The number of carbonyl (C=O) groups excluding carboxylic acids is 1. The lowest BCUT2D eigenvalue weighted by atomic mass is 10.1. The van der Waals surface area contributed by atoms with Crippen LogP contribution in [0.5, 0.6) is 0 Å². The highest BCUT2D eigenvalue weighted by molar-refractivity contribution is 6.31. The molecule has 0 aliphatic carbocycles. The molecule has 3 heterocycles. The van der Waals surface area contributed by atoms with E-state index in [4.69, 9.17) is 11.6 Å². The number of hydrogen-bond donors (Lipinski definition) is 0. The Morgan fingerprint density at radius 3 is 2.55 bits per heavy atom. The van der Waals surface area contributed by atoms with Gasteiger partial charge in [0.1, 0.15) is 11.4 Å². The fourth-order valence-electron chi connectivity index (χ4n) is 4.17. The normalized spacial score (nSPS) is 14.7. The minimum atomic E-state index is -0.303. The second-order valence-corrected chi connectivity index (χ2v) is 8.67. The van der Waals surface area contributed by atoms with E-state index >= 15 is 0 Å². The largest absolute Gasteiger partial charge is 0.336 e. The maximum Gasteiger partial charge on any atom is 0.259 e. The number of carbonyl (C=O) groups is 1. The topological polar surface area (TPSA) is 53.7 Å². The number of aromatic nitrogens is 3. The van der Waals surface area contributed by atoms with Gasteiger partial charge in [0.15, 0.2) is 5.65 Å². The first-order chi connectivity index (χ1) is 16.0. The quantitative estimate of drug-likeness (QED) is 0.448. The highest BCUT2D eigenvalue weighted by Crippen LogP contribution is 2.24. The van der Waals surface area contributed by atoms with E-state index < -0.39 is 0 Å². The van der Waals surface area contributed by atoms with E-state index in [1.165, 1.54) is 11.6 Å². The first-order valence-corrected chi connectivity index (χ1v) is 11.2. The molecule has 4 aromatic rings. The summed E-state index contributed by atoms with van der Waals surface area (Å²) in [6.07, 6.45) is 3.30. The van der Waals surface area contributed by atoms with Gasteiger partial charge >= 0.3 is 0 Å². The number of benzene rings is 2. The minimum Gasteiger partial charge on any atom is -0.336 e. The first-order valence-electron chi connectivity index (χ1n) is 10.9. The average Bonchev–Trinajstić information content (AvgIpc) is 3.26. The molecule has 2 aromatic heterocycles. The number of fused-ring (bicyclic) bond motifs is 1. The summed E-state index contributed by atoms with van der Waals surface area (Å²) >= 11 is 6.17. The zero-order valence-electron chi connectivity index (χ0n) is 18.2. The minimum absolute atomic E-state index is 0.0952. The van der Waals surface area contributed by atoms with Crippen molar-refractivity contribution in [2.45, 2.75) is 13.5 Å². The van der Waals surface area contributed by atoms with Crippen LogP contribution in [-0.4, -0.2) is 56.5 Å². The van der Waals surface area contributed by atoms with Gasteiger partial charge in [-0.15, -0.1) is 0 Å². The van der Waals surface area contributed by atoms with Crippen molar-refractivity contribution in [3.63, 3.8) is 0 Å². The maximum absolute atomic E-state index is 14.1. The Hall–Kier alpha value is -3.29. The summed E-state index contributed by atoms with van der Waals surface area (Å²) in [7, 11) is 0. The van der Waals surface area contributed by atoms with Crippen LogP contribution < -0.4 is 0 Å². The van der Waals surface area contributed by atoms with Crippen molar-refractivity contribution in [1.29, 1.82) is 0 Å². The van der Waals surface area contributed by atoms with Gasteiger partial charge in [0.2, 0.25) is 0 Å². The van der Waals surface area contributed by atoms with Gasteiger partial charge in [-0.2, -0.15) is 5.10 Å². The van der Waals surface area contributed by atoms with Gasteiger partial charge in [-0.3, -0.25) is 9.69 Å². The molecule has 0 N–H and O–H groups in total. The lowest BCUT2D eigenvalue weighted by molar-refractivity contribution is 0.0628. The predicted molar refractivity (Wildman–Crippen MR) is 126 cm³/mol. The Morgan fingerprint density at radius 2 is 1.82 bits per heavy atom. The molecule has 8 heteroatoms. The number of hydrogen-bond acceptors (Lipinski definition) is 4. The first kappa shape index (κ1) is 21.6. The molecule has 0 atom stereocenters. The van der Waals surface area contributed by atoms with Crippen molar-refractivity contribution in [1.82, 2.24) is 24.4 Å². The molecule has 168 valence electrons. The molecule has 5 rings (SSSR count). The van der Waals surface area contributed by atoms with Gasteiger partial charge in [0.25, 0.3) is 5.91 Å². The van der Waals surface area contributed by atoms with Gasteiger partial charge in [0, 0.05) is 55.1 Å². The third kappa shape index (κ3) is 4.21. The van der Waals surface area contributed by atoms with Crippen LogP contribution in [0.15, 0.2) is 60.9 Å². The van der Waals surface area contributed by atoms with Crippen LogP contribution >= 0.6 is 11.6 Å². The van der Waals surface area contributed by atoms with E-state index in [1.807, 2.05) is 37.3 Å². The third-order valence-corrected chi connectivity index (χ3v) is 6.44. The zero-order chi connectivity index (χ0) is 22.9. The smallest absolute Gasteiger partial charge is 0.259 e. The van der Waals surface area contributed by atoms with E-state index in [0.717, 1.165) is 11.3 Å². The number of rotatable bonds is 4. The van der Waals surface area contributed by atoms with Gasteiger partial charge in [-0.05, 0) is 25.1 Å². The summed E-state index contributed by atoms with van der Waals surface area (Å²) < 4.78 is 15.8. The Labute approximate surface area is 196 Å². The van der Waals surface area contributed by atoms with Crippen molar-refractivity contribution in [3.05, 3.63) is 88.5 Å². The van der Waals surface area contributed by atoms with E-state index in [9.17, 15) is 9.18 Å². The molecule has 0 bridgehead atoms. The molecule has 0 saturated carbocycles. The Morgan fingerprint density at radius 1 is 1.06 bits per heavy atom. The standard InChI is InChI=1S/C25H23ClFN5O/c1-17-5-7-18(8-6-17)23-9-10-28-24-19(15-29-32(23)24)25(33)31-13-11-30(12-14-31)16-20-21(26)3-2-4-22(20)27/h2-10,15H,11-14,16H2,1H3. The van der Waals surface area contributed by atoms with Crippen molar-refractivity contribution < 1.29 is 9.18 Å². The van der Waals surface area contributed by atoms with E-state index in [0.29, 0.717) is 54.5 Å². The van der Waals surface area contributed by atoms with Crippen LogP contribution in [0.25, 0.3) is 16.9 Å². The lowest BCUT2D eigenvalue weighted by Crippen LogP contribution is -2.48. The molecular weight excluding hydrogens is 441 g/mol. The monoisotopic (exact) mass is 463 g/mol. The van der Waals surface area contributed by atoms with Gasteiger partial charge in [-0.25, -0.2) is 13.9 Å². The van der Waals surface area contributed by atoms with Crippen LogP contribution in [0.4, 0.5) is 4.39 Å². The highest BCUT2D eigenvalue weighted by atomic mass is 35.5. The molecule has 1 amide bonds. The molecular formula is C25H23ClFN5O. The molecule has 0 spiro atoms. The number of aryl methyl sites for hydroxylation is 1. The second kappa shape index (κ2) is 8.92. The van der Waals surface area contributed by atoms with Crippen LogP contribution in [0, 0.1) is 12.7 Å². The SMILES string of the molecule is Cc1ccc(-c2ccnc3c(C(=O)N4CCN(Cc5c(F)cccc5Cl)CC4)cnn23)cc1. The molecule has 0 radical (unpaired) electrons. The van der Waals surface area contributed by atoms with E-state index in [2.05, 4.69) is 15.0 Å². The van der Waals surface area contributed by atoms with Gasteiger partial charge < -0.3 is 4.90 Å². The Bertz CT molecular complexity index is 1290. The molecule has 1 saturated heterocycles. The van der Waals surface area contributed by atoms with Crippen molar-refractivity contribution in [2.75, 3.05) is 26.2 Å². The van der Waals surface area contributed by atoms with Crippen molar-refractivity contribution >= 4 is 23.2 Å². The number of nitrogens with zero attached hydrogens (tertiary/aromatic N) is 5. The predicted octanol–water partition coefficient (Wildman–Crippen LogP) is 4.46. The molecule has 1 fully saturated rings. The molecule has 0 unspecified atom stereocenters. The zero-order valence-corrected chi connectivity index (χ0v) is 19.0. The van der Waals surface area contributed by atoms with Crippen LogP contribution in [0.3, 0.4) is 0 Å². The summed E-state index contributed by atoms with van der Waals surface area (Å²) in [5.41, 5.74) is 4.58. The lowest BCUT2D eigenvalue weighted by Gasteiger charge is -2.34.